The highest BCUT2D eigenvalue weighted by molar-refractivity contribution is 6.28. The molecule has 0 aromatic carbocycles. The molecule has 0 fully saturated rings. The molecule has 0 aliphatic heterocycles. The molecule has 0 saturated carbocycles. The van der Waals surface area contributed by atoms with Crippen molar-refractivity contribution in [1.82, 2.24) is 5.32 Å². The van der Waals surface area contributed by atoms with Crippen LogP contribution in [-0.4, -0.2) is 13.6 Å². The zero-order chi connectivity index (χ0) is 10.6. The Balaban J connectivity index is 2.81. The number of nitrogens with one attached hydrogen (secondary N) is 1. The summed E-state index contributed by atoms with van der Waals surface area (Å²) in [4.78, 5) is 0. The summed E-state index contributed by atoms with van der Waals surface area (Å²) >= 11 is 5.69. The minimum absolute atomic E-state index is 0.434. The van der Waals surface area contributed by atoms with Gasteiger partial charge in [-0.15, -0.1) is 0 Å². The van der Waals surface area contributed by atoms with Gasteiger partial charge in [-0.3, -0.25) is 0 Å². The summed E-state index contributed by atoms with van der Waals surface area (Å²) in [6.07, 6.45) is 2.03. The number of furan rings is 1. The van der Waals surface area contributed by atoms with Crippen LogP contribution in [0, 0.1) is 5.92 Å². The van der Waals surface area contributed by atoms with E-state index in [4.69, 9.17) is 16.0 Å². The van der Waals surface area contributed by atoms with E-state index in [0.29, 0.717) is 11.1 Å². The Morgan fingerprint density at radius 2 is 2.29 bits per heavy atom. The minimum atomic E-state index is 0.434. The van der Waals surface area contributed by atoms with Crippen molar-refractivity contribution in [1.29, 1.82) is 0 Å². The minimum Gasteiger partial charge on any atom is -0.445 e. The molecule has 0 spiro atoms. The standard InChI is InChI=1S/C11H16ClNO/c1-8(2)9(7-13-3)6-10-4-5-11(12)14-10/h4-6,8,13H,7H2,1-3H3. The fourth-order valence-electron chi connectivity index (χ4n) is 1.21. The van der Waals surface area contributed by atoms with Crippen molar-refractivity contribution in [3.8, 4) is 0 Å². The molecule has 0 aliphatic carbocycles. The Bertz CT molecular complexity index is 315. The van der Waals surface area contributed by atoms with Crippen molar-refractivity contribution < 1.29 is 4.42 Å². The lowest BCUT2D eigenvalue weighted by Gasteiger charge is -2.09. The van der Waals surface area contributed by atoms with Gasteiger partial charge in [0.15, 0.2) is 5.22 Å². The van der Waals surface area contributed by atoms with E-state index in [1.54, 1.807) is 6.07 Å². The van der Waals surface area contributed by atoms with Crippen LogP contribution in [0.1, 0.15) is 19.6 Å². The maximum atomic E-state index is 5.69. The third kappa shape index (κ3) is 3.20. The molecule has 0 radical (unpaired) electrons. The molecular formula is C11H16ClNO. The highest BCUT2D eigenvalue weighted by atomic mass is 35.5. The number of hydrogen-bond donors (Lipinski definition) is 1. The first-order valence-electron chi connectivity index (χ1n) is 4.74. The molecule has 1 N–H and O–H groups in total. The summed E-state index contributed by atoms with van der Waals surface area (Å²) in [5.74, 6) is 1.32. The number of rotatable bonds is 4. The zero-order valence-electron chi connectivity index (χ0n) is 8.80. The van der Waals surface area contributed by atoms with Crippen LogP contribution in [0.5, 0.6) is 0 Å². The molecule has 1 rings (SSSR count). The summed E-state index contributed by atoms with van der Waals surface area (Å²) in [6, 6.07) is 3.63. The van der Waals surface area contributed by atoms with E-state index >= 15 is 0 Å². The molecule has 2 nitrogen and oxygen atoms in total. The Kier molecular flexibility index (Phi) is 4.23. The Labute approximate surface area is 89.9 Å². The Morgan fingerprint density at radius 3 is 2.71 bits per heavy atom. The van der Waals surface area contributed by atoms with Crippen LogP contribution in [0.25, 0.3) is 6.08 Å². The highest BCUT2D eigenvalue weighted by Crippen LogP contribution is 2.18. The average Bonchev–Trinajstić information content (AvgIpc) is 2.50. The van der Waals surface area contributed by atoms with E-state index in [1.807, 2.05) is 19.2 Å². The van der Waals surface area contributed by atoms with Crippen LogP contribution in [0.4, 0.5) is 0 Å². The molecule has 0 aliphatic rings. The second-order valence-corrected chi connectivity index (χ2v) is 3.92. The molecule has 78 valence electrons. The first kappa shape index (κ1) is 11.3. The molecule has 1 aromatic heterocycles. The van der Waals surface area contributed by atoms with Gasteiger partial charge < -0.3 is 9.73 Å². The fourth-order valence-corrected chi connectivity index (χ4v) is 1.37. The van der Waals surface area contributed by atoms with Crippen molar-refractivity contribution in [2.24, 2.45) is 5.92 Å². The van der Waals surface area contributed by atoms with Crippen molar-refractivity contribution in [2.45, 2.75) is 13.8 Å². The summed E-state index contributed by atoms with van der Waals surface area (Å²) in [7, 11) is 1.94. The van der Waals surface area contributed by atoms with Crippen molar-refractivity contribution in [3.63, 3.8) is 0 Å². The van der Waals surface area contributed by atoms with Gasteiger partial charge in [0.1, 0.15) is 5.76 Å². The second-order valence-electron chi connectivity index (χ2n) is 3.55. The summed E-state index contributed by atoms with van der Waals surface area (Å²) in [6.45, 7) is 5.19. The molecule has 0 amide bonds. The quantitative estimate of drug-likeness (QED) is 0.831. The van der Waals surface area contributed by atoms with E-state index in [0.717, 1.165) is 12.3 Å². The van der Waals surface area contributed by atoms with E-state index in [2.05, 4.69) is 19.2 Å². The predicted octanol–water partition coefficient (Wildman–Crippen LogP) is 3.19. The monoisotopic (exact) mass is 213 g/mol. The normalized spacial score (nSPS) is 12.5. The van der Waals surface area contributed by atoms with E-state index in [9.17, 15) is 0 Å². The Hall–Kier alpha value is -0.730. The molecule has 0 bridgehead atoms. The molecule has 14 heavy (non-hydrogen) atoms. The maximum absolute atomic E-state index is 5.69. The van der Waals surface area contributed by atoms with Crippen LogP contribution in [-0.2, 0) is 0 Å². The lowest BCUT2D eigenvalue weighted by atomic mass is 10.0. The molecule has 0 saturated heterocycles. The Morgan fingerprint density at radius 1 is 1.57 bits per heavy atom. The van der Waals surface area contributed by atoms with Gasteiger partial charge in [0.05, 0.1) is 0 Å². The molecule has 1 aromatic rings. The smallest absolute Gasteiger partial charge is 0.193 e. The zero-order valence-corrected chi connectivity index (χ0v) is 9.56. The predicted molar refractivity (Wildman–Crippen MR) is 60.5 cm³/mol. The van der Waals surface area contributed by atoms with Crippen LogP contribution in [0.15, 0.2) is 22.1 Å². The number of halogens is 1. The topological polar surface area (TPSA) is 25.2 Å². The van der Waals surface area contributed by atoms with E-state index in [-0.39, 0.29) is 0 Å². The first-order chi connectivity index (χ1) is 6.63. The van der Waals surface area contributed by atoms with Gasteiger partial charge in [-0.2, -0.15) is 0 Å². The van der Waals surface area contributed by atoms with Gasteiger partial charge in [0, 0.05) is 6.54 Å². The third-order valence-corrected chi connectivity index (χ3v) is 2.25. The van der Waals surface area contributed by atoms with Gasteiger partial charge in [-0.05, 0) is 42.8 Å². The SMILES string of the molecule is CNCC(=Cc1ccc(Cl)o1)C(C)C. The van der Waals surface area contributed by atoms with Crippen LogP contribution < -0.4 is 5.32 Å². The van der Waals surface area contributed by atoms with Crippen LogP contribution in [0.3, 0.4) is 0 Å². The third-order valence-electron chi connectivity index (χ3n) is 2.04. The molecule has 1 heterocycles. The maximum Gasteiger partial charge on any atom is 0.193 e. The summed E-state index contributed by atoms with van der Waals surface area (Å²) in [5, 5.41) is 3.57. The number of hydrogen-bond acceptors (Lipinski definition) is 2. The molecule has 3 heteroatoms. The van der Waals surface area contributed by atoms with Gasteiger partial charge in [-0.25, -0.2) is 0 Å². The molecule has 0 atom stereocenters. The van der Waals surface area contributed by atoms with Gasteiger partial charge >= 0.3 is 0 Å². The van der Waals surface area contributed by atoms with E-state index in [1.165, 1.54) is 5.57 Å². The van der Waals surface area contributed by atoms with Gasteiger partial charge in [0.2, 0.25) is 0 Å². The summed E-state index contributed by atoms with van der Waals surface area (Å²) in [5.41, 5.74) is 1.30. The van der Waals surface area contributed by atoms with Crippen LogP contribution >= 0.6 is 11.6 Å². The lowest BCUT2D eigenvalue weighted by molar-refractivity contribution is 0.557. The number of likely N-dealkylation sites (N-methyl/N-ethyl adjacent to an activating group) is 1. The first-order valence-corrected chi connectivity index (χ1v) is 5.11. The molecular weight excluding hydrogens is 198 g/mol. The highest BCUT2D eigenvalue weighted by Gasteiger charge is 2.04. The van der Waals surface area contributed by atoms with Crippen molar-refractivity contribution in [3.05, 3.63) is 28.7 Å². The van der Waals surface area contributed by atoms with Gasteiger partial charge in [0.25, 0.3) is 0 Å². The summed E-state index contributed by atoms with van der Waals surface area (Å²) < 4.78 is 5.27. The van der Waals surface area contributed by atoms with Crippen molar-refractivity contribution >= 4 is 17.7 Å². The van der Waals surface area contributed by atoms with E-state index < -0.39 is 0 Å². The molecule has 0 unspecified atom stereocenters. The second kappa shape index (κ2) is 5.23. The van der Waals surface area contributed by atoms with Gasteiger partial charge in [-0.1, -0.05) is 19.4 Å². The fraction of sp³-hybridized carbons (Fsp3) is 0.455. The average molecular weight is 214 g/mol. The van der Waals surface area contributed by atoms with Crippen LogP contribution in [0.2, 0.25) is 5.22 Å². The van der Waals surface area contributed by atoms with Crippen molar-refractivity contribution in [2.75, 3.05) is 13.6 Å². The largest absolute Gasteiger partial charge is 0.445 e. The lowest BCUT2D eigenvalue weighted by Crippen LogP contribution is -2.13.